The second-order valence-corrected chi connectivity index (χ2v) is 3.29. The molecule has 1 unspecified atom stereocenters. The number of nitrogens with zero attached hydrogens (tertiary/aromatic N) is 1. The number of carbonyl (C=O) groups is 1. The van der Waals surface area contributed by atoms with E-state index in [1.54, 1.807) is 0 Å². The Morgan fingerprint density at radius 1 is 1.64 bits per heavy atom. The monoisotopic (exact) mass is 198 g/mol. The quantitative estimate of drug-likeness (QED) is 0.663. The number of nitrogens with one attached hydrogen (secondary N) is 1. The van der Waals surface area contributed by atoms with Crippen LogP contribution in [0.2, 0.25) is 0 Å². The van der Waals surface area contributed by atoms with Gasteiger partial charge in [-0.2, -0.15) is 0 Å². The van der Waals surface area contributed by atoms with Crippen LogP contribution in [-0.4, -0.2) is 43.3 Å². The van der Waals surface area contributed by atoms with Crippen molar-refractivity contribution in [2.45, 2.75) is 19.5 Å². The van der Waals surface area contributed by atoms with Crippen molar-refractivity contribution < 1.29 is 9.53 Å². The molecule has 4 heteroatoms. The Morgan fingerprint density at radius 3 is 2.79 bits per heavy atom. The zero-order valence-electron chi connectivity index (χ0n) is 8.66. The van der Waals surface area contributed by atoms with Crippen molar-refractivity contribution in [2.75, 3.05) is 26.3 Å². The van der Waals surface area contributed by atoms with Gasteiger partial charge in [-0.05, 0) is 12.5 Å². The smallest absolute Gasteiger partial charge is 0.244 e. The molecule has 1 N–H and O–H groups in total. The molecule has 1 saturated heterocycles. The lowest BCUT2D eigenvalue weighted by molar-refractivity contribution is -0.119. The lowest BCUT2D eigenvalue weighted by atomic mass is 10.3. The van der Waals surface area contributed by atoms with Crippen molar-refractivity contribution in [2.24, 2.45) is 0 Å². The van der Waals surface area contributed by atoms with Crippen LogP contribution in [0.25, 0.3) is 0 Å². The second kappa shape index (κ2) is 5.78. The SMILES string of the molecule is C=CC(=O)NC(CC)N1CCOCC1. The van der Waals surface area contributed by atoms with Crippen molar-refractivity contribution in [3.8, 4) is 0 Å². The minimum absolute atomic E-state index is 0.108. The summed E-state index contributed by atoms with van der Waals surface area (Å²) in [7, 11) is 0. The molecular formula is C10H18N2O2. The van der Waals surface area contributed by atoms with Crippen LogP contribution in [0.15, 0.2) is 12.7 Å². The third-order valence-electron chi connectivity index (χ3n) is 2.37. The van der Waals surface area contributed by atoms with E-state index in [2.05, 4.69) is 23.7 Å². The molecule has 1 amide bonds. The largest absolute Gasteiger partial charge is 0.379 e. The van der Waals surface area contributed by atoms with Gasteiger partial charge >= 0.3 is 0 Å². The molecule has 0 aromatic heterocycles. The number of morpholine rings is 1. The average Bonchev–Trinajstić information content (AvgIpc) is 2.26. The molecule has 0 aromatic carbocycles. The Hall–Kier alpha value is -0.870. The highest BCUT2D eigenvalue weighted by molar-refractivity contribution is 5.87. The molecule has 1 aliphatic rings. The van der Waals surface area contributed by atoms with Gasteiger partial charge in [0.15, 0.2) is 0 Å². The molecule has 80 valence electrons. The summed E-state index contributed by atoms with van der Waals surface area (Å²) in [4.78, 5) is 13.4. The number of hydrogen-bond donors (Lipinski definition) is 1. The van der Waals surface area contributed by atoms with Gasteiger partial charge in [0, 0.05) is 13.1 Å². The van der Waals surface area contributed by atoms with Crippen LogP contribution < -0.4 is 5.32 Å². The van der Waals surface area contributed by atoms with Crippen LogP contribution in [0.5, 0.6) is 0 Å². The zero-order valence-corrected chi connectivity index (χ0v) is 8.66. The van der Waals surface area contributed by atoms with Gasteiger partial charge in [-0.3, -0.25) is 9.69 Å². The number of ether oxygens (including phenoxy) is 1. The fraction of sp³-hybridized carbons (Fsp3) is 0.700. The molecule has 1 rings (SSSR count). The summed E-state index contributed by atoms with van der Waals surface area (Å²) in [5, 5.41) is 2.90. The summed E-state index contributed by atoms with van der Waals surface area (Å²) in [5.41, 5.74) is 0. The molecule has 0 aliphatic carbocycles. The fourth-order valence-corrected chi connectivity index (χ4v) is 1.56. The molecule has 0 radical (unpaired) electrons. The predicted octanol–water partition coefficient (Wildman–Crippen LogP) is 0.357. The normalized spacial score (nSPS) is 20.1. The van der Waals surface area contributed by atoms with E-state index < -0.39 is 0 Å². The van der Waals surface area contributed by atoms with Gasteiger partial charge in [-0.1, -0.05) is 13.5 Å². The average molecular weight is 198 g/mol. The standard InChI is InChI=1S/C10H18N2O2/c1-3-9(11-10(13)4-2)12-5-7-14-8-6-12/h4,9H,2-3,5-8H2,1H3,(H,11,13). The maximum atomic E-state index is 11.1. The molecule has 4 nitrogen and oxygen atoms in total. The van der Waals surface area contributed by atoms with E-state index in [4.69, 9.17) is 4.74 Å². The van der Waals surface area contributed by atoms with Crippen molar-refractivity contribution in [1.82, 2.24) is 10.2 Å². The maximum Gasteiger partial charge on any atom is 0.244 e. The van der Waals surface area contributed by atoms with Gasteiger partial charge in [0.25, 0.3) is 0 Å². The Balaban J connectivity index is 2.42. The first-order valence-corrected chi connectivity index (χ1v) is 5.02. The summed E-state index contributed by atoms with van der Waals surface area (Å²) in [6.07, 6.45) is 2.33. The van der Waals surface area contributed by atoms with Gasteiger partial charge in [-0.25, -0.2) is 0 Å². The van der Waals surface area contributed by atoms with E-state index in [9.17, 15) is 4.79 Å². The van der Waals surface area contributed by atoms with Crippen molar-refractivity contribution in [3.05, 3.63) is 12.7 Å². The molecule has 1 aliphatic heterocycles. The third kappa shape index (κ3) is 3.12. The van der Waals surface area contributed by atoms with Crippen LogP contribution in [0.4, 0.5) is 0 Å². The molecular weight excluding hydrogens is 180 g/mol. The molecule has 0 saturated carbocycles. The summed E-state index contributed by atoms with van der Waals surface area (Å²) >= 11 is 0. The first kappa shape index (κ1) is 11.2. The van der Waals surface area contributed by atoms with E-state index in [-0.39, 0.29) is 12.1 Å². The number of amides is 1. The Kier molecular flexibility index (Phi) is 4.62. The lowest BCUT2D eigenvalue weighted by Gasteiger charge is -2.34. The Morgan fingerprint density at radius 2 is 2.29 bits per heavy atom. The number of carbonyl (C=O) groups excluding carboxylic acids is 1. The van der Waals surface area contributed by atoms with Crippen molar-refractivity contribution in [3.63, 3.8) is 0 Å². The molecule has 1 fully saturated rings. The highest BCUT2D eigenvalue weighted by Crippen LogP contribution is 2.04. The first-order chi connectivity index (χ1) is 6.77. The van der Waals surface area contributed by atoms with Crippen molar-refractivity contribution in [1.29, 1.82) is 0 Å². The van der Waals surface area contributed by atoms with E-state index in [1.807, 2.05) is 0 Å². The van der Waals surface area contributed by atoms with Gasteiger partial charge in [0.1, 0.15) is 0 Å². The van der Waals surface area contributed by atoms with E-state index in [0.29, 0.717) is 0 Å². The molecule has 1 atom stereocenters. The van der Waals surface area contributed by atoms with Gasteiger partial charge in [0.05, 0.1) is 19.4 Å². The minimum Gasteiger partial charge on any atom is -0.379 e. The van der Waals surface area contributed by atoms with Crippen molar-refractivity contribution >= 4 is 5.91 Å². The van der Waals surface area contributed by atoms with Crippen LogP contribution in [0.3, 0.4) is 0 Å². The first-order valence-electron chi connectivity index (χ1n) is 5.02. The third-order valence-corrected chi connectivity index (χ3v) is 2.37. The fourth-order valence-electron chi connectivity index (χ4n) is 1.56. The second-order valence-electron chi connectivity index (χ2n) is 3.29. The topological polar surface area (TPSA) is 41.6 Å². The molecule has 14 heavy (non-hydrogen) atoms. The van der Waals surface area contributed by atoms with Gasteiger partial charge in [-0.15, -0.1) is 0 Å². The number of hydrogen-bond acceptors (Lipinski definition) is 3. The molecule has 0 aromatic rings. The van der Waals surface area contributed by atoms with Crippen LogP contribution >= 0.6 is 0 Å². The predicted molar refractivity (Wildman–Crippen MR) is 54.8 cm³/mol. The molecule has 0 bridgehead atoms. The summed E-state index contributed by atoms with van der Waals surface area (Å²) < 4.78 is 5.25. The Labute approximate surface area is 84.9 Å². The van der Waals surface area contributed by atoms with Crippen LogP contribution in [0, 0.1) is 0 Å². The maximum absolute atomic E-state index is 11.1. The minimum atomic E-state index is -0.108. The summed E-state index contributed by atoms with van der Waals surface area (Å²) in [6, 6.07) is 0. The van der Waals surface area contributed by atoms with Gasteiger partial charge < -0.3 is 10.1 Å². The van der Waals surface area contributed by atoms with E-state index in [0.717, 1.165) is 32.7 Å². The van der Waals surface area contributed by atoms with E-state index >= 15 is 0 Å². The highest BCUT2D eigenvalue weighted by Gasteiger charge is 2.19. The Bertz CT molecular complexity index is 200. The number of rotatable bonds is 4. The molecule has 1 heterocycles. The molecule has 0 spiro atoms. The van der Waals surface area contributed by atoms with Crippen LogP contribution in [-0.2, 0) is 9.53 Å². The lowest BCUT2D eigenvalue weighted by Crippen LogP contribution is -2.51. The van der Waals surface area contributed by atoms with Crippen LogP contribution in [0.1, 0.15) is 13.3 Å². The van der Waals surface area contributed by atoms with Gasteiger partial charge in [0.2, 0.25) is 5.91 Å². The summed E-state index contributed by atoms with van der Waals surface area (Å²) in [5.74, 6) is -0.108. The van der Waals surface area contributed by atoms with E-state index in [1.165, 1.54) is 6.08 Å². The summed E-state index contributed by atoms with van der Waals surface area (Å²) in [6.45, 7) is 8.77. The zero-order chi connectivity index (χ0) is 10.4. The highest BCUT2D eigenvalue weighted by atomic mass is 16.5.